The van der Waals surface area contributed by atoms with Gasteiger partial charge in [0.2, 0.25) is 5.91 Å². The van der Waals surface area contributed by atoms with Crippen molar-refractivity contribution in [3.8, 4) is 0 Å². The van der Waals surface area contributed by atoms with Crippen LogP contribution in [-0.2, 0) is 17.9 Å². The summed E-state index contributed by atoms with van der Waals surface area (Å²) in [4.78, 5) is 11.9. The Labute approximate surface area is 119 Å². The Morgan fingerprint density at radius 3 is 2.65 bits per heavy atom. The Morgan fingerprint density at radius 2 is 1.95 bits per heavy atom. The molecule has 0 radical (unpaired) electrons. The molecule has 0 atom stereocenters. The van der Waals surface area contributed by atoms with Gasteiger partial charge >= 0.3 is 0 Å². The Morgan fingerprint density at radius 1 is 1.20 bits per heavy atom. The molecule has 0 spiro atoms. The first kappa shape index (κ1) is 14.3. The summed E-state index contributed by atoms with van der Waals surface area (Å²) in [6.07, 6.45) is 3.93. The number of rotatable bonds is 6. The highest BCUT2D eigenvalue weighted by Gasteiger charge is 2.04. The zero-order chi connectivity index (χ0) is 14.4. The van der Waals surface area contributed by atoms with E-state index in [0.29, 0.717) is 6.54 Å². The van der Waals surface area contributed by atoms with E-state index in [4.69, 9.17) is 0 Å². The molecule has 1 amide bonds. The van der Waals surface area contributed by atoms with Crippen molar-refractivity contribution in [2.75, 3.05) is 11.9 Å². The van der Waals surface area contributed by atoms with Gasteiger partial charge < -0.3 is 15.2 Å². The van der Waals surface area contributed by atoms with Gasteiger partial charge in [0, 0.05) is 24.6 Å². The summed E-state index contributed by atoms with van der Waals surface area (Å²) < 4.78 is 1.90. The monoisotopic (exact) mass is 271 g/mol. The number of aromatic nitrogens is 1. The van der Waals surface area contributed by atoms with Crippen LogP contribution in [0.4, 0.5) is 5.69 Å². The molecule has 0 aliphatic heterocycles. The van der Waals surface area contributed by atoms with E-state index in [0.717, 1.165) is 18.8 Å². The third-order valence-electron chi connectivity index (χ3n) is 3.05. The zero-order valence-electron chi connectivity index (χ0n) is 12.0. The molecule has 0 saturated carbocycles. The summed E-state index contributed by atoms with van der Waals surface area (Å²) >= 11 is 0. The number of benzene rings is 1. The van der Waals surface area contributed by atoms with Crippen molar-refractivity contribution < 1.29 is 4.79 Å². The number of anilines is 1. The summed E-state index contributed by atoms with van der Waals surface area (Å²) in [6.45, 7) is 6.21. The van der Waals surface area contributed by atoms with Crippen molar-refractivity contribution in [3.05, 3.63) is 53.9 Å². The molecule has 1 heterocycles. The number of carbonyl (C=O) groups is 1. The molecule has 106 valence electrons. The van der Waals surface area contributed by atoms with Crippen molar-refractivity contribution in [1.82, 2.24) is 9.88 Å². The quantitative estimate of drug-likeness (QED) is 0.848. The first-order valence-electron chi connectivity index (χ1n) is 6.89. The van der Waals surface area contributed by atoms with Crippen LogP contribution in [0.15, 0.2) is 42.7 Å². The van der Waals surface area contributed by atoms with Gasteiger partial charge in [-0.15, -0.1) is 0 Å². The maximum Gasteiger partial charge on any atom is 0.244 e. The predicted octanol–water partition coefficient (Wildman–Crippen LogP) is 2.54. The molecule has 1 aromatic carbocycles. The molecule has 1 aromatic heterocycles. The van der Waals surface area contributed by atoms with Gasteiger partial charge in [-0.25, -0.2) is 0 Å². The second kappa shape index (κ2) is 6.91. The van der Waals surface area contributed by atoms with Crippen molar-refractivity contribution in [1.29, 1.82) is 0 Å². The lowest BCUT2D eigenvalue weighted by molar-refractivity contribution is -0.116. The molecule has 4 heteroatoms. The third-order valence-corrected chi connectivity index (χ3v) is 3.05. The SMILES string of the molecule is CCNCc1ccn(CC(=O)Nc2ccc(C)cc2)c1. The fourth-order valence-corrected chi connectivity index (χ4v) is 1.97. The van der Waals surface area contributed by atoms with E-state index in [1.54, 1.807) is 0 Å². The molecule has 20 heavy (non-hydrogen) atoms. The van der Waals surface area contributed by atoms with E-state index in [2.05, 4.69) is 17.6 Å². The Kier molecular flexibility index (Phi) is 4.96. The molecule has 0 unspecified atom stereocenters. The fraction of sp³-hybridized carbons (Fsp3) is 0.312. The van der Waals surface area contributed by atoms with Crippen LogP contribution in [0.2, 0.25) is 0 Å². The van der Waals surface area contributed by atoms with Crippen molar-refractivity contribution in [2.24, 2.45) is 0 Å². The van der Waals surface area contributed by atoms with Gasteiger partial charge in [0.15, 0.2) is 0 Å². The first-order chi connectivity index (χ1) is 9.67. The van der Waals surface area contributed by atoms with E-state index in [9.17, 15) is 4.79 Å². The van der Waals surface area contributed by atoms with Gasteiger partial charge in [0.1, 0.15) is 6.54 Å². The minimum atomic E-state index is -0.0144. The summed E-state index contributed by atoms with van der Waals surface area (Å²) in [5, 5.41) is 6.16. The molecular formula is C16H21N3O. The van der Waals surface area contributed by atoms with Gasteiger partial charge in [-0.1, -0.05) is 24.6 Å². The van der Waals surface area contributed by atoms with Crippen LogP contribution in [0.25, 0.3) is 0 Å². The standard InChI is InChI=1S/C16H21N3O/c1-3-17-10-14-8-9-19(11-14)12-16(20)18-15-6-4-13(2)5-7-15/h4-9,11,17H,3,10,12H2,1-2H3,(H,18,20). The molecule has 4 nitrogen and oxygen atoms in total. The normalized spacial score (nSPS) is 10.5. The summed E-state index contributed by atoms with van der Waals surface area (Å²) in [6, 6.07) is 9.83. The van der Waals surface area contributed by atoms with Gasteiger partial charge in [-0.3, -0.25) is 4.79 Å². The van der Waals surface area contributed by atoms with Crippen molar-refractivity contribution in [3.63, 3.8) is 0 Å². The predicted molar refractivity (Wildman–Crippen MR) is 81.6 cm³/mol. The van der Waals surface area contributed by atoms with Crippen LogP contribution < -0.4 is 10.6 Å². The lowest BCUT2D eigenvalue weighted by Gasteiger charge is -2.06. The number of hydrogen-bond acceptors (Lipinski definition) is 2. The highest BCUT2D eigenvalue weighted by atomic mass is 16.1. The number of amides is 1. The van der Waals surface area contributed by atoms with Gasteiger partial charge in [0.05, 0.1) is 0 Å². The lowest BCUT2D eigenvalue weighted by atomic mass is 10.2. The van der Waals surface area contributed by atoms with Gasteiger partial charge in [0.25, 0.3) is 0 Å². The Hall–Kier alpha value is -2.07. The van der Waals surface area contributed by atoms with Crippen molar-refractivity contribution >= 4 is 11.6 Å². The lowest BCUT2D eigenvalue weighted by Crippen LogP contribution is -2.18. The summed E-state index contributed by atoms with van der Waals surface area (Å²) in [5.74, 6) is -0.0144. The highest BCUT2D eigenvalue weighted by molar-refractivity contribution is 5.90. The van der Waals surface area contributed by atoms with Crippen LogP contribution in [0, 0.1) is 6.92 Å². The second-order valence-corrected chi connectivity index (χ2v) is 4.89. The maximum atomic E-state index is 11.9. The molecule has 0 fully saturated rings. The molecule has 0 saturated heterocycles. The van der Waals surface area contributed by atoms with Crippen LogP contribution in [0.1, 0.15) is 18.1 Å². The second-order valence-electron chi connectivity index (χ2n) is 4.89. The van der Waals surface area contributed by atoms with Gasteiger partial charge in [-0.2, -0.15) is 0 Å². The van der Waals surface area contributed by atoms with Crippen molar-refractivity contribution in [2.45, 2.75) is 26.9 Å². The molecule has 2 aromatic rings. The summed E-state index contributed by atoms with van der Waals surface area (Å²) in [7, 11) is 0. The highest BCUT2D eigenvalue weighted by Crippen LogP contribution is 2.09. The van der Waals surface area contributed by atoms with E-state index in [1.165, 1.54) is 11.1 Å². The number of nitrogens with zero attached hydrogens (tertiary/aromatic N) is 1. The smallest absolute Gasteiger partial charge is 0.244 e. The third kappa shape index (κ3) is 4.24. The minimum Gasteiger partial charge on any atom is -0.345 e. The molecule has 2 rings (SSSR count). The van der Waals surface area contributed by atoms with E-state index < -0.39 is 0 Å². The Bertz CT molecular complexity index is 557. The first-order valence-corrected chi connectivity index (χ1v) is 6.89. The van der Waals surface area contributed by atoms with Crippen LogP contribution in [-0.4, -0.2) is 17.0 Å². The average molecular weight is 271 g/mol. The van der Waals surface area contributed by atoms with Crippen LogP contribution >= 0.6 is 0 Å². The number of hydrogen-bond donors (Lipinski definition) is 2. The van der Waals surface area contributed by atoms with E-state index in [-0.39, 0.29) is 5.91 Å². The fourth-order valence-electron chi connectivity index (χ4n) is 1.97. The van der Waals surface area contributed by atoms with E-state index >= 15 is 0 Å². The topological polar surface area (TPSA) is 46.1 Å². The largest absolute Gasteiger partial charge is 0.345 e. The zero-order valence-corrected chi connectivity index (χ0v) is 12.0. The number of carbonyl (C=O) groups excluding carboxylic acids is 1. The molecule has 0 bridgehead atoms. The average Bonchev–Trinajstić information content (AvgIpc) is 2.86. The van der Waals surface area contributed by atoms with Gasteiger partial charge in [-0.05, 0) is 37.2 Å². The molecular weight excluding hydrogens is 250 g/mol. The van der Waals surface area contributed by atoms with E-state index in [1.807, 2.05) is 54.2 Å². The minimum absolute atomic E-state index is 0.0144. The molecule has 0 aliphatic carbocycles. The summed E-state index contributed by atoms with van der Waals surface area (Å²) in [5.41, 5.74) is 3.21. The van der Waals surface area contributed by atoms with Crippen LogP contribution in [0.5, 0.6) is 0 Å². The van der Waals surface area contributed by atoms with Crippen LogP contribution in [0.3, 0.4) is 0 Å². The maximum absolute atomic E-state index is 11.9. The molecule has 0 aliphatic rings. The number of aryl methyl sites for hydroxylation is 1. The molecule has 2 N–H and O–H groups in total. The number of nitrogens with one attached hydrogen (secondary N) is 2. The Balaban J connectivity index is 1.87.